The van der Waals surface area contributed by atoms with Crippen LogP contribution in [0.2, 0.25) is 0 Å². The minimum Gasteiger partial charge on any atom is -0.352 e. The third kappa shape index (κ3) is 6.59. The first-order chi connectivity index (χ1) is 10.7. The molecule has 6 heteroatoms. The Balaban J connectivity index is 0.00000264. The highest BCUT2D eigenvalue weighted by atomic mass is 35.5. The van der Waals surface area contributed by atoms with E-state index >= 15 is 0 Å². The molecule has 0 atom stereocenters. The molecule has 2 amide bonds. The van der Waals surface area contributed by atoms with Crippen LogP contribution in [-0.4, -0.2) is 24.9 Å². The fraction of sp³-hybridized carbons (Fsp3) is 0.529. The summed E-state index contributed by atoms with van der Waals surface area (Å²) in [6.45, 7) is 4.36. The number of nitrogens with one attached hydrogen (secondary N) is 3. The Morgan fingerprint density at radius 1 is 1.17 bits per heavy atom. The number of carbonyl (C=O) groups is 2. The number of anilines is 1. The fourth-order valence-electron chi connectivity index (χ4n) is 2.57. The van der Waals surface area contributed by atoms with Crippen molar-refractivity contribution in [3.63, 3.8) is 0 Å². The average molecular weight is 340 g/mol. The van der Waals surface area contributed by atoms with Gasteiger partial charge in [-0.3, -0.25) is 9.59 Å². The molecule has 128 valence electrons. The molecule has 1 aliphatic rings. The monoisotopic (exact) mass is 339 g/mol. The number of benzene rings is 1. The Bertz CT molecular complexity index is 499. The molecular weight excluding hydrogens is 314 g/mol. The van der Waals surface area contributed by atoms with E-state index in [4.69, 9.17) is 0 Å². The van der Waals surface area contributed by atoms with Crippen LogP contribution in [0.3, 0.4) is 0 Å². The van der Waals surface area contributed by atoms with Crippen LogP contribution in [0.1, 0.15) is 38.2 Å². The first-order valence-corrected chi connectivity index (χ1v) is 8.06. The predicted octanol–water partition coefficient (Wildman–Crippen LogP) is 2.46. The number of hydrogen-bond acceptors (Lipinski definition) is 3. The van der Waals surface area contributed by atoms with Crippen LogP contribution in [0.15, 0.2) is 24.3 Å². The highest BCUT2D eigenvalue weighted by molar-refractivity contribution is 5.90. The highest BCUT2D eigenvalue weighted by Gasteiger charge is 2.20. The summed E-state index contributed by atoms with van der Waals surface area (Å²) in [6, 6.07) is 7.62. The second-order valence-corrected chi connectivity index (χ2v) is 5.74. The van der Waals surface area contributed by atoms with Crippen molar-refractivity contribution < 1.29 is 9.59 Å². The molecular formula is C17H26ClN3O2. The highest BCUT2D eigenvalue weighted by Crippen LogP contribution is 2.13. The van der Waals surface area contributed by atoms with Gasteiger partial charge in [0.1, 0.15) is 0 Å². The Morgan fingerprint density at radius 3 is 2.43 bits per heavy atom. The van der Waals surface area contributed by atoms with Gasteiger partial charge < -0.3 is 16.0 Å². The van der Waals surface area contributed by atoms with E-state index in [0.717, 1.165) is 43.6 Å². The first kappa shape index (κ1) is 19.5. The lowest BCUT2D eigenvalue weighted by Gasteiger charge is -2.21. The summed E-state index contributed by atoms with van der Waals surface area (Å²) in [5, 5.41) is 9.11. The van der Waals surface area contributed by atoms with Crippen molar-refractivity contribution in [2.75, 3.05) is 18.4 Å². The maximum atomic E-state index is 12.1. The van der Waals surface area contributed by atoms with Gasteiger partial charge in [0.15, 0.2) is 0 Å². The summed E-state index contributed by atoms with van der Waals surface area (Å²) >= 11 is 0. The molecule has 0 aliphatic carbocycles. The van der Waals surface area contributed by atoms with Gasteiger partial charge in [-0.25, -0.2) is 0 Å². The summed E-state index contributed by atoms with van der Waals surface area (Å²) in [5.74, 6) is 0.310. The molecule has 1 aromatic carbocycles. The second kappa shape index (κ2) is 10.2. The zero-order valence-corrected chi connectivity index (χ0v) is 14.4. The predicted molar refractivity (Wildman–Crippen MR) is 94.7 cm³/mol. The third-order valence-electron chi connectivity index (χ3n) is 3.89. The van der Waals surface area contributed by atoms with Gasteiger partial charge in [-0.2, -0.15) is 0 Å². The third-order valence-corrected chi connectivity index (χ3v) is 3.89. The first-order valence-electron chi connectivity index (χ1n) is 8.06. The Morgan fingerprint density at radius 2 is 1.83 bits per heavy atom. The lowest BCUT2D eigenvalue weighted by Crippen LogP contribution is -2.37. The zero-order valence-electron chi connectivity index (χ0n) is 13.6. The molecule has 0 aromatic heterocycles. The van der Waals surface area contributed by atoms with Crippen molar-refractivity contribution in [2.45, 2.75) is 39.2 Å². The van der Waals surface area contributed by atoms with E-state index in [1.807, 2.05) is 31.2 Å². The molecule has 3 N–H and O–H groups in total. The van der Waals surface area contributed by atoms with Gasteiger partial charge in [0, 0.05) is 24.6 Å². The van der Waals surface area contributed by atoms with Gasteiger partial charge in [0.25, 0.3) is 0 Å². The molecule has 1 aromatic rings. The zero-order chi connectivity index (χ0) is 15.8. The Hall–Kier alpha value is -1.59. The van der Waals surface area contributed by atoms with Crippen molar-refractivity contribution in [2.24, 2.45) is 5.92 Å². The average Bonchev–Trinajstić information content (AvgIpc) is 2.55. The van der Waals surface area contributed by atoms with Crippen molar-refractivity contribution in [3.05, 3.63) is 29.8 Å². The summed E-state index contributed by atoms with van der Waals surface area (Å²) in [6.07, 6.45) is 3.20. The molecule has 0 bridgehead atoms. The molecule has 0 radical (unpaired) electrons. The minimum atomic E-state index is 0. The van der Waals surface area contributed by atoms with Gasteiger partial charge in [0.2, 0.25) is 11.8 Å². The standard InChI is InChI=1S/C17H25N3O2.ClH/c1-2-3-16(21)20-15-6-4-13(5-7-15)12-19-17(22)14-8-10-18-11-9-14;/h4-7,14,18H,2-3,8-12H2,1H3,(H,19,22)(H,20,21);1H. The summed E-state index contributed by atoms with van der Waals surface area (Å²) in [5.41, 5.74) is 1.84. The van der Waals surface area contributed by atoms with Crippen LogP contribution in [0, 0.1) is 5.92 Å². The van der Waals surface area contributed by atoms with Crippen LogP contribution in [-0.2, 0) is 16.1 Å². The van der Waals surface area contributed by atoms with Crippen LogP contribution >= 0.6 is 12.4 Å². The number of halogens is 1. The lowest BCUT2D eigenvalue weighted by molar-refractivity contribution is -0.125. The van der Waals surface area contributed by atoms with Gasteiger partial charge in [-0.15, -0.1) is 12.4 Å². The van der Waals surface area contributed by atoms with E-state index in [2.05, 4.69) is 16.0 Å². The van der Waals surface area contributed by atoms with E-state index < -0.39 is 0 Å². The van der Waals surface area contributed by atoms with Gasteiger partial charge in [-0.1, -0.05) is 19.1 Å². The van der Waals surface area contributed by atoms with Crippen molar-refractivity contribution >= 4 is 29.9 Å². The lowest BCUT2D eigenvalue weighted by atomic mass is 9.97. The van der Waals surface area contributed by atoms with Crippen LogP contribution in [0.25, 0.3) is 0 Å². The van der Waals surface area contributed by atoms with Gasteiger partial charge >= 0.3 is 0 Å². The number of carbonyl (C=O) groups excluding carboxylic acids is 2. The Labute approximate surface area is 144 Å². The summed E-state index contributed by atoms with van der Waals surface area (Å²) in [7, 11) is 0. The molecule has 1 saturated heterocycles. The smallest absolute Gasteiger partial charge is 0.224 e. The molecule has 0 unspecified atom stereocenters. The largest absolute Gasteiger partial charge is 0.352 e. The molecule has 5 nitrogen and oxygen atoms in total. The quantitative estimate of drug-likeness (QED) is 0.745. The normalized spacial score (nSPS) is 14.7. The maximum Gasteiger partial charge on any atom is 0.224 e. The van der Waals surface area contributed by atoms with E-state index in [9.17, 15) is 9.59 Å². The Kier molecular flexibility index (Phi) is 8.66. The molecule has 1 aliphatic heterocycles. The van der Waals surface area contributed by atoms with Crippen LogP contribution in [0.4, 0.5) is 5.69 Å². The molecule has 1 fully saturated rings. The number of hydrogen-bond donors (Lipinski definition) is 3. The van der Waals surface area contributed by atoms with Crippen molar-refractivity contribution in [3.8, 4) is 0 Å². The number of amides is 2. The second-order valence-electron chi connectivity index (χ2n) is 5.74. The van der Waals surface area contributed by atoms with E-state index in [0.29, 0.717) is 13.0 Å². The maximum absolute atomic E-state index is 12.1. The number of piperidine rings is 1. The summed E-state index contributed by atoms with van der Waals surface area (Å²) in [4.78, 5) is 23.6. The molecule has 1 heterocycles. The number of rotatable bonds is 6. The molecule has 0 saturated carbocycles. The van der Waals surface area contributed by atoms with Crippen molar-refractivity contribution in [1.29, 1.82) is 0 Å². The molecule has 0 spiro atoms. The molecule has 2 rings (SSSR count). The fourth-order valence-corrected chi connectivity index (χ4v) is 2.57. The van der Waals surface area contributed by atoms with Gasteiger partial charge in [0.05, 0.1) is 0 Å². The SMILES string of the molecule is CCCC(=O)Nc1ccc(CNC(=O)C2CCNCC2)cc1.Cl. The van der Waals surface area contributed by atoms with Crippen molar-refractivity contribution in [1.82, 2.24) is 10.6 Å². The van der Waals surface area contributed by atoms with E-state index in [1.165, 1.54) is 0 Å². The minimum absolute atomic E-state index is 0. The van der Waals surface area contributed by atoms with Gasteiger partial charge in [-0.05, 0) is 50.0 Å². The van der Waals surface area contributed by atoms with Crippen LogP contribution < -0.4 is 16.0 Å². The topological polar surface area (TPSA) is 70.2 Å². The summed E-state index contributed by atoms with van der Waals surface area (Å²) < 4.78 is 0. The molecule has 23 heavy (non-hydrogen) atoms. The van der Waals surface area contributed by atoms with Crippen LogP contribution in [0.5, 0.6) is 0 Å². The van der Waals surface area contributed by atoms with E-state index in [1.54, 1.807) is 0 Å². The van der Waals surface area contributed by atoms with E-state index in [-0.39, 0.29) is 30.1 Å².